The maximum atomic E-state index is 12.4. The van der Waals surface area contributed by atoms with Crippen molar-refractivity contribution in [2.24, 2.45) is 5.10 Å². The molecular formula is C19H18N4O3S. The number of hydrazone groups is 1. The van der Waals surface area contributed by atoms with E-state index in [0.717, 1.165) is 28.6 Å². The van der Waals surface area contributed by atoms with Crippen LogP contribution in [-0.2, 0) is 10.0 Å². The average Bonchev–Trinajstić information content (AvgIpc) is 3.13. The molecule has 1 aliphatic rings. The largest absolute Gasteiger partial charge is 0.497 e. The Bertz CT molecular complexity index is 1120. The van der Waals surface area contributed by atoms with Crippen LogP contribution in [0.3, 0.4) is 0 Å². The standard InChI is InChI=1S/C19H18N4O3S/c1-26-14-8-6-13(7-9-14)17-12-18(23(22-17)27(2,24)25)15-4-3-5-16-19(15)21-11-10-20-16/h3-11,18H,12H2,1-2H3/t18-/m0/s1. The summed E-state index contributed by atoms with van der Waals surface area (Å²) < 4.78 is 31.1. The van der Waals surface area contributed by atoms with E-state index in [0.29, 0.717) is 17.6 Å². The molecule has 27 heavy (non-hydrogen) atoms. The van der Waals surface area contributed by atoms with Gasteiger partial charge in [-0.3, -0.25) is 9.97 Å². The number of ether oxygens (including phenoxy) is 1. The number of para-hydroxylation sites is 1. The predicted octanol–water partition coefficient (Wildman–Crippen LogP) is 2.75. The molecule has 0 bridgehead atoms. The van der Waals surface area contributed by atoms with Gasteiger partial charge in [0.05, 0.1) is 36.2 Å². The highest BCUT2D eigenvalue weighted by molar-refractivity contribution is 7.88. The summed E-state index contributed by atoms with van der Waals surface area (Å²) in [7, 11) is -1.95. The smallest absolute Gasteiger partial charge is 0.247 e. The molecule has 1 atom stereocenters. The fourth-order valence-corrected chi connectivity index (χ4v) is 4.17. The molecule has 0 radical (unpaired) electrons. The second-order valence-electron chi connectivity index (χ2n) is 6.30. The summed E-state index contributed by atoms with van der Waals surface area (Å²) in [4.78, 5) is 8.73. The summed E-state index contributed by atoms with van der Waals surface area (Å²) in [5.74, 6) is 0.734. The molecule has 0 amide bonds. The molecule has 8 heteroatoms. The minimum atomic E-state index is -3.55. The summed E-state index contributed by atoms with van der Waals surface area (Å²) in [5.41, 5.74) is 3.76. The van der Waals surface area contributed by atoms with Crippen LogP contribution in [0.2, 0.25) is 0 Å². The van der Waals surface area contributed by atoms with Crippen molar-refractivity contribution in [3.8, 4) is 5.75 Å². The minimum Gasteiger partial charge on any atom is -0.497 e. The summed E-state index contributed by atoms with van der Waals surface area (Å²) >= 11 is 0. The number of methoxy groups -OCH3 is 1. The van der Waals surface area contributed by atoms with E-state index in [9.17, 15) is 8.42 Å². The molecular weight excluding hydrogens is 364 g/mol. The Kier molecular flexibility index (Phi) is 4.27. The third-order valence-electron chi connectivity index (χ3n) is 4.52. The second kappa shape index (κ2) is 6.62. The van der Waals surface area contributed by atoms with Gasteiger partial charge in [-0.15, -0.1) is 0 Å². The SMILES string of the molecule is COc1ccc(C2=NN(S(C)(=O)=O)[C@H](c3cccc4nccnc34)C2)cc1. The fourth-order valence-electron chi connectivity index (χ4n) is 3.27. The quantitative estimate of drug-likeness (QED) is 0.693. The topological polar surface area (TPSA) is 84.8 Å². The van der Waals surface area contributed by atoms with E-state index in [-0.39, 0.29) is 0 Å². The van der Waals surface area contributed by atoms with Crippen LogP contribution in [0.15, 0.2) is 60.0 Å². The van der Waals surface area contributed by atoms with Crippen LogP contribution in [0.1, 0.15) is 23.6 Å². The molecule has 138 valence electrons. The Morgan fingerprint density at radius 2 is 1.81 bits per heavy atom. The van der Waals surface area contributed by atoms with Crippen molar-refractivity contribution < 1.29 is 13.2 Å². The van der Waals surface area contributed by atoms with Gasteiger partial charge in [0.2, 0.25) is 10.0 Å². The number of hydrogen-bond acceptors (Lipinski definition) is 6. The lowest BCUT2D eigenvalue weighted by Crippen LogP contribution is -2.26. The Balaban J connectivity index is 1.79. The molecule has 0 unspecified atom stereocenters. The third-order valence-corrected chi connectivity index (χ3v) is 5.54. The van der Waals surface area contributed by atoms with Crippen LogP contribution in [0.25, 0.3) is 11.0 Å². The normalized spacial score (nSPS) is 17.2. The number of aromatic nitrogens is 2. The van der Waals surface area contributed by atoms with Gasteiger partial charge in [-0.2, -0.15) is 9.52 Å². The molecule has 0 fully saturated rings. The summed E-state index contributed by atoms with van der Waals surface area (Å²) in [6, 6.07) is 12.6. The highest BCUT2D eigenvalue weighted by Crippen LogP contribution is 2.37. The number of benzene rings is 2. The van der Waals surface area contributed by atoms with Crippen LogP contribution < -0.4 is 4.74 Å². The molecule has 2 heterocycles. The zero-order valence-electron chi connectivity index (χ0n) is 14.9. The molecule has 0 saturated carbocycles. The fraction of sp³-hybridized carbons (Fsp3) is 0.211. The molecule has 3 aromatic rings. The number of hydrogen-bond donors (Lipinski definition) is 0. The van der Waals surface area contributed by atoms with Crippen molar-refractivity contribution >= 4 is 26.8 Å². The summed E-state index contributed by atoms with van der Waals surface area (Å²) in [5, 5.41) is 4.42. The number of nitrogens with zero attached hydrogens (tertiary/aromatic N) is 4. The van der Waals surface area contributed by atoms with Crippen LogP contribution in [0.4, 0.5) is 0 Å². The first-order valence-electron chi connectivity index (χ1n) is 8.38. The van der Waals surface area contributed by atoms with Crippen LogP contribution in [-0.4, -0.2) is 41.9 Å². The number of fused-ring (bicyclic) bond motifs is 1. The Hall–Kier alpha value is -3.00. The molecule has 1 aromatic heterocycles. The first kappa shape index (κ1) is 17.4. The zero-order chi connectivity index (χ0) is 19.0. The maximum absolute atomic E-state index is 12.4. The van der Waals surface area contributed by atoms with Crippen molar-refractivity contribution in [2.75, 3.05) is 13.4 Å². The monoisotopic (exact) mass is 382 g/mol. The van der Waals surface area contributed by atoms with Crippen molar-refractivity contribution in [3.05, 3.63) is 66.0 Å². The van der Waals surface area contributed by atoms with Crippen LogP contribution in [0.5, 0.6) is 5.75 Å². The molecule has 0 N–H and O–H groups in total. The van der Waals surface area contributed by atoms with Crippen molar-refractivity contribution in [1.29, 1.82) is 0 Å². The lowest BCUT2D eigenvalue weighted by atomic mass is 9.98. The highest BCUT2D eigenvalue weighted by atomic mass is 32.2. The van der Waals surface area contributed by atoms with E-state index < -0.39 is 16.1 Å². The van der Waals surface area contributed by atoms with E-state index in [1.807, 2.05) is 42.5 Å². The van der Waals surface area contributed by atoms with Gasteiger partial charge >= 0.3 is 0 Å². The first-order chi connectivity index (χ1) is 13.0. The molecule has 0 saturated heterocycles. The number of sulfonamides is 1. The van der Waals surface area contributed by atoms with Gasteiger partial charge < -0.3 is 4.74 Å². The molecule has 0 aliphatic carbocycles. The highest BCUT2D eigenvalue weighted by Gasteiger charge is 2.35. The van der Waals surface area contributed by atoms with Gasteiger partial charge in [-0.25, -0.2) is 8.42 Å². The Labute approximate surface area is 157 Å². The van der Waals surface area contributed by atoms with E-state index in [2.05, 4.69) is 15.1 Å². The van der Waals surface area contributed by atoms with E-state index in [4.69, 9.17) is 4.74 Å². The predicted molar refractivity (Wildman–Crippen MR) is 103 cm³/mol. The van der Waals surface area contributed by atoms with E-state index in [1.165, 1.54) is 4.41 Å². The number of rotatable bonds is 4. The van der Waals surface area contributed by atoms with Gasteiger partial charge in [0.1, 0.15) is 5.75 Å². The molecule has 4 rings (SSSR count). The van der Waals surface area contributed by atoms with Crippen LogP contribution in [0, 0.1) is 0 Å². The van der Waals surface area contributed by atoms with Crippen molar-refractivity contribution in [1.82, 2.24) is 14.4 Å². The lowest BCUT2D eigenvalue weighted by Gasteiger charge is -2.22. The maximum Gasteiger partial charge on any atom is 0.247 e. The Morgan fingerprint density at radius 3 is 2.52 bits per heavy atom. The molecule has 2 aromatic carbocycles. The zero-order valence-corrected chi connectivity index (χ0v) is 15.7. The van der Waals surface area contributed by atoms with Gasteiger partial charge in [-0.05, 0) is 35.9 Å². The average molecular weight is 382 g/mol. The van der Waals surface area contributed by atoms with E-state index in [1.54, 1.807) is 19.5 Å². The molecule has 7 nitrogen and oxygen atoms in total. The van der Waals surface area contributed by atoms with E-state index >= 15 is 0 Å². The van der Waals surface area contributed by atoms with Gasteiger partial charge in [-0.1, -0.05) is 12.1 Å². The van der Waals surface area contributed by atoms with Gasteiger partial charge in [0, 0.05) is 24.4 Å². The molecule has 0 spiro atoms. The summed E-state index contributed by atoms with van der Waals surface area (Å²) in [6.45, 7) is 0. The molecule has 1 aliphatic heterocycles. The summed E-state index contributed by atoms with van der Waals surface area (Å²) in [6.07, 6.45) is 4.84. The van der Waals surface area contributed by atoms with Crippen molar-refractivity contribution in [3.63, 3.8) is 0 Å². The van der Waals surface area contributed by atoms with Crippen LogP contribution >= 0.6 is 0 Å². The first-order valence-corrected chi connectivity index (χ1v) is 10.2. The lowest BCUT2D eigenvalue weighted by molar-refractivity contribution is 0.376. The van der Waals surface area contributed by atoms with Gasteiger partial charge in [0.25, 0.3) is 0 Å². The second-order valence-corrected chi connectivity index (χ2v) is 8.14. The van der Waals surface area contributed by atoms with Gasteiger partial charge in [0.15, 0.2) is 0 Å². The van der Waals surface area contributed by atoms with Crippen molar-refractivity contribution in [2.45, 2.75) is 12.5 Å². The minimum absolute atomic E-state index is 0.453. The third kappa shape index (κ3) is 3.23. The Morgan fingerprint density at radius 1 is 1.07 bits per heavy atom.